The van der Waals surface area contributed by atoms with E-state index in [-0.39, 0.29) is 6.42 Å². The minimum absolute atomic E-state index is 0.216. The summed E-state index contributed by atoms with van der Waals surface area (Å²) in [5.74, 6) is -2.95. The number of halogens is 1. The normalized spacial score (nSPS) is 14.0. The number of carbonyl (C=O) groups excluding carboxylic acids is 1. The zero-order valence-electron chi connectivity index (χ0n) is 12.7. The number of amides is 1. The number of hydrogen-bond acceptors (Lipinski definition) is 4. The molecule has 0 bridgehead atoms. The van der Waals surface area contributed by atoms with Gasteiger partial charge in [-0.2, -0.15) is 4.72 Å². The van der Waals surface area contributed by atoms with E-state index in [1.807, 2.05) is 4.72 Å². The first-order chi connectivity index (χ1) is 10.7. The van der Waals surface area contributed by atoms with Crippen LogP contribution in [0.2, 0.25) is 0 Å². The average molecular weight is 346 g/mol. The Kier molecular flexibility index (Phi) is 6.64. The standard InChI is InChI=1S/C14H19FN2O5S/c1-3-6-11(14(19)20)16-13(18)9(2)17-23(21,22)12-8-5-4-7-10(12)15/h4-5,7-9,11,17H,3,6H2,1-2H3,(H,16,18)(H,19,20). The summed E-state index contributed by atoms with van der Waals surface area (Å²) in [7, 11) is -4.24. The van der Waals surface area contributed by atoms with Gasteiger partial charge in [0.1, 0.15) is 16.8 Å². The van der Waals surface area contributed by atoms with E-state index in [2.05, 4.69) is 5.32 Å². The van der Waals surface area contributed by atoms with Crippen molar-refractivity contribution in [2.24, 2.45) is 0 Å². The Morgan fingerprint density at radius 2 is 1.91 bits per heavy atom. The molecule has 1 aromatic rings. The Labute approximate surface area is 133 Å². The fourth-order valence-electron chi connectivity index (χ4n) is 1.86. The maximum Gasteiger partial charge on any atom is 0.326 e. The second-order valence-electron chi connectivity index (χ2n) is 4.96. The van der Waals surface area contributed by atoms with E-state index >= 15 is 0 Å². The Balaban J connectivity index is 2.82. The molecule has 0 spiro atoms. The van der Waals surface area contributed by atoms with E-state index < -0.39 is 44.7 Å². The molecule has 9 heteroatoms. The van der Waals surface area contributed by atoms with Gasteiger partial charge in [0, 0.05) is 0 Å². The van der Waals surface area contributed by atoms with Crippen molar-refractivity contribution in [1.82, 2.24) is 10.0 Å². The predicted molar refractivity (Wildman–Crippen MR) is 80.7 cm³/mol. The third-order valence-corrected chi connectivity index (χ3v) is 4.62. The van der Waals surface area contributed by atoms with Crippen molar-refractivity contribution in [2.75, 3.05) is 0 Å². The van der Waals surface area contributed by atoms with Gasteiger partial charge in [-0.25, -0.2) is 17.6 Å². The number of sulfonamides is 1. The van der Waals surface area contributed by atoms with Crippen LogP contribution in [0.4, 0.5) is 4.39 Å². The van der Waals surface area contributed by atoms with Gasteiger partial charge in [-0.1, -0.05) is 25.5 Å². The molecule has 128 valence electrons. The fourth-order valence-corrected chi connectivity index (χ4v) is 3.14. The second kappa shape index (κ2) is 8.02. The molecule has 2 atom stereocenters. The van der Waals surface area contributed by atoms with Crippen LogP contribution in [-0.4, -0.2) is 37.5 Å². The smallest absolute Gasteiger partial charge is 0.326 e. The highest BCUT2D eigenvalue weighted by molar-refractivity contribution is 7.89. The maximum absolute atomic E-state index is 13.6. The Morgan fingerprint density at radius 3 is 2.43 bits per heavy atom. The first-order valence-electron chi connectivity index (χ1n) is 6.99. The van der Waals surface area contributed by atoms with Gasteiger partial charge in [0.2, 0.25) is 15.9 Å². The summed E-state index contributed by atoms with van der Waals surface area (Å²) in [6, 6.07) is 2.39. The van der Waals surface area contributed by atoms with Gasteiger partial charge in [-0.15, -0.1) is 0 Å². The molecule has 0 fully saturated rings. The van der Waals surface area contributed by atoms with E-state index in [0.29, 0.717) is 6.42 Å². The summed E-state index contributed by atoms with van der Waals surface area (Å²) in [4.78, 5) is 22.3. The zero-order chi connectivity index (χ0) is 17.6. The van der Waals surface area contributed by atoms with Crippen LogP contribution in [-0.2, 0) is 19.6 Å². The second-order valence-corrected chi connectivity index (χ2v) is 6.64. The summed E-state index contributed by atoms with van der Waals surface area (Å²) < 4.78 is 39.7. The Bertz CT molecular complexity index is 678. The van der Waals surface area contributed by atoms with E-state index in [4.69, 9.17) is 5.11 Å². The summed E-state index contributed by atoms with van der Waals surface area (Å²) in [5.41, 5.74) is 0. The number of rotatable bonds is 8. The summed E-state index contributed by atoms with van der Waals surface area (Å²) >= 11 is 0. The number of carboxylic acid groups (broad SMARTS) is 1. The molecule has 0 saturated carbocycles. The third kappa shape index (κ3) is 5.29. The van der Waals surface area contributed by atoms with E-state index in [1.54, 1.807) is 6.92 Å². The molecule has 0 aliphatic rings. The number of carboxylic acids is 1. The van der Waals surface area contributed by atoms with E-state index in [0.717, 1.165) is 12.1 Å². The highest BCUT2D eigenvalue weighted by Gasteiger charge is 2.27. The molecule has 0 heterocycles. The molecule has 0 radical (unpaired) electrons. The van der Waals surface area contributed by atoms with Crippen LogP contribution in [0.1, 0.15) is 26.7 Å². The van der Waals surface area contributed by atoms with Crippen molar-refractivity contribution < 1.29 is 27.5 Å². The van der Waals surface area contributed by atoms with Crippen LogP contribution < -0.4 is 10.0 Å². The average Bonchev–Trinajstić information content (AvgIpc) is 2.46. The van der Waals surface area contributed by atoms with Crippen LogP contribution in [0.15, 0.2) is 29.2 Å². The quantitative estimate of drug-likeness (QED) is 0.646. The van der Waals surface area contributed by atoms with Crippen LogP contribution in [0, 0.1) is 5.82 Å². The van der Waals surface area contributed by atoms with Gasteiger partial charge in [0.05, 0.1) is 6.04 Å². The maximum atomic E-state index is 13.6. The number of carbonyl (C=O) groups is 2. The Hall–Kier alpha value is -2.00. The minimum atomic E-state index is -4.24. The summed E-state index contributed by atoms with van der Waals surface area (Å²) in [6.45, 7) is 3.00. The molecule has 7 nitrogen and oxygen atoms in total. The van der Waals surface area contributed by atoms with Crippen LogP contribution in [0.5, 0.6) is 0 Å². The number of nitrogens with one attached hydrogen (secondary N) is 2. The third-order valence-electron chi connectivity index (χ3n) is 3.04. The lowest BCUT2D eigenvalue weighted by molar-refractivity contribution is -0.142. The first kappa shape index (κ1) is 19.0. The van der Waals surface area contributed by atoms with Crippen molar-refractivity contribution in [3.8, 4) is 0 Å². The molecule has 2 unspecified atom stereocenters. The first-order valence-corrected chi connectivity index (χ1v) is 8.47. The van der Waals surface area contributed by atoms with Crippen molar-refractivity contribution in [1.29, 1.82) is 0 Å². The molecule has 0 saturated heterocycles. The van der Waals surface area contributed by atoms with Crippen molar-refractivity contribution >= 4 is 21.9 Å². The molecular weight excluding hydrogens is 327 g/mol. The molecule has 1 amide bonds. The van der Waals surface area contributed by atoms with Crippen LogP contribution in [0.25, 0.3) is 0 Å². The zero-order valence-corrected chi connectivity index (χ0v) is 13.6. The number of hydrogen-bond donors (Lipinski definition) is 3. The van der Waals surface area contributed by atoms with Crippen molar-refractivity contribution in [3.63, 3.8) is 0 Å². The van der Waals surface area contributed by atoms with Crippen LogP contribution >= 0.6 is 0 Å². The van der Waals surface area contributed by atoms with Gasteiger partial charge < -0.3 is 10.4 Å². The van der Waals surface area contributed by atoms with E-state index in [1.165, 1.54) is 19.1 Å². The largest absolute Gasteiger partial charge is 0.480 e. The van der Waals surface area contributed by atoms with Gasteiger partial charge in [0.25, 0.3) is 0 Å². The topological polar surface area (TPSA) is 113 Å². The highest BCUT2D eigenvalue weighted by atomic mass is 32.2. The van der Waals surface area contributed by atoms with Gasteiger partial charge in [-0.3, -0.25) is 4.79 Å². The monoisotopic (exact) mass is 346 g/mol. The van der Waals surface area contributed by atoms with Crippen molar-refractivity contribution in [3.05, 3.63) is 30.1 Å². The van der Waals surface area contributed by atoms with E-state index in [9.17, 15) is 22.4 Å². The predicted octanol–water partition coefficient (Wildman–Crippen LogP) is 0.862. The number of aliphatic carboxylic acids is 1. The lowest BCUT2D eigenvalue weighted by atomic mass is 10.1. The minimum Gasteiger partial charge on any atom is -0.480 e. The van der Waals surface area contributed by atoms with Crippen molar-refractivity contribution in [2.45, 2.75) is 43.7 Å². The highest BCUT2D eigenvalue weighted by Crippen LogP contribution is 2.13. The van der Waals surface area contributed by atoms with Gasteiger partial charge >= 0.3 is 5.97 Å². The Morgan fingerprint density at radius 1 is 1.30 bits per heavy atom. The molecule has 0 aliphatic heterocycles. The molecule has 3 N–H and O–H groups in total. The fraction of sp³-hybridized carbons (Fsp3) is 0.429. The lowest BCUT2D eigenvalue weighted by Crippen LogP contribution is -2.50. The van der Waals surface area contributed by atoms with Gasteiger partial charge in [0.15, 0.2) is 0 Å². The molecule has 1 rings (SSSR count). The molecule has 0 aromatic heterocycles. The molecule has 1 aromatic carbocycles. The summed E-state index contributed by atoms with van der Waals surface area (Å²) in [5, 5.41) is 11.2. The number of benzene rings is 1. The summed E-state index contributed by atoms with van der Waals surface area (Å²) in [6.07, 6.45) is 0.750. The van der Waals surface area contributed by atoms with Crippen LogP contribution in [0.3, 0.4) is 0 Å². The SMILES string of the molecule is CCCC(NC(=O)C(C)NS(=O)(=O)c1ccccc1F)C(=O)O. The molecular formula is C14H19FN2O5S. The lowest BCUT2D eigenvalue weighted by Gasteiger charge is -2.18. The molecule has 23 heavy (non-hydrogen) atoms. The van der Waals surface area contributed by atoms with Gasteiger partial charge in [-0.05, 0) is 25.5 Å². The molecule has 0 aliphatic carbocycles.